The maximum Gasteiger partial charge on any atom is 0.490 e. The number of carboxylic acids is 1. The SMILES string of the molecule is COc1ccc(CC(=O)NC(N)=N[C@H](CC2CCCCC2)C(=O)CC2CCOCC2)cc1OC.O=C(O)C(F)(F)F. The Hall–Kier alpha value is -3.35. The van der Waals surface area contributed by atoms with E-state index < -0.39 is 18.2 Å². The van der Waals surface area contributed by atoms with Crippen LogP contribution in [0.3, 0.4) is 0 Å². The van der Waals surface area contributed by atoms with Crippen LogP contribution >= 0.6 is 0 Å². The van der Waals surface area contributed by atoms with Crippen LogP contribution in [0.2, 0.25) is 0 Å². The summed E-state index contributed by atoms with van der Waals surface area (Å²) in [5.74, 6) is -0.944. The average molecular weight is 588 g/mol. The van der Waals surface area contributed by atoms with Crippen molar-refractivity contribution in [2.45, 2.75) is 76.4 Å². The summed E-state index contributed by atoms with van der Waals surface area (Å²) in [5.41, 5.74) is 6.87. The molecule has 13 heteroatoms. The van der Waals surface area contributed by atoms with Gasteiger partial charge in [0.15, 0.2) is 23.2 Å². The molecular formula is C28H40F3N3O7. The third-order valence-corrected chi connectivity index (χ3v) is 7.10. The molecule has 41 heavy (non-hydrogen) atoms. The van der Waals surface area contributed by atoms with Crippen LogP contribution < -0.4 is 20.5 Å². The number of aliphatic imine (C=N–C) groups is 1. The molecule has 4 N–H and O–H groups in total. The first-order chi connectivity index (χ1) is 19.4. The molecule has 1 saturated carbocycles. The van der Waals surface area contributed by atoms with E-state index in [2.05, 4.69) is 10.3 Å². The lowest BCUT2D eigenvalue weighted by Crippen LogP contribution is -2.40. The van der Waals surface area contributed by atoms with Crippen molar-refractivity contribution < 1.29 is 46.9 Å². The van der Waals surface area contributed by atoms with Crippen molar-refractivity contribution in [1.29, 1.82) is 0 Å². The van der Waals surface area contributed by atoms with Gasteiger partial charge in [0.1, 0.15) is 6.04 Å². The molecule has 3 rings (SSSR count). The number of carboxylic acid groups (broad SMARTS) is 1. The van der Waals surface area contributed by atoms with Gasteiger partial charge >= 0.3 is 12.1 Å². The fourth-order valence-electron chi connectivity index (χ4n) is 4.93. The molecule has 1 aromatic carbocycles. The van der Waals surface area contributed by atoms with Crippen LogP contribution in [-0.4, -0.2) is 68.4 Å². The summed E-state index contributed by atoms with van der Waals surface area (Å²) in [6, 6.07) is 4.81. The van der Waals surface area contributed by atoms with Crippen LogP contribution in [0.1, 0.15) is 63.4 Å². The Morgan fingerprint density at radius 2 is 1.66 bits per heavy atom. The minimum absolute atomic E-state index is 0.00612. The molecule has 0 aromatic heterocycles. The van der Waals surface area contributed by atoms with E-state index in [1.807, 2.05) is 0 Å². The first-order valence-electron chi connectivity index (χ1n) is 13.7. The monoisotopic (exact) mass is 587 g/mol. The molecule has 0 unspecified atom stereocenters. The molecule has 1 atom stereocenters. The van der Waals surface area contributed by atoms with Crippen molar-refractivity contribution in [2.75, 3.05) is 27.4 Å². The Kier molecular flexibility index (Phi) is 13.9. The van der Waals surface area contributed by atoms with Gasteiger partial charge in [-0.1, -0.05) is 38.2 Å². The third-order valence-electron chi connectivity index (χ3n) is 7.10. The fraction of sp³-hybridized carbons (Fsp3) is 0.643. The van der Waals surface area contributed by atoms with Gasteiger partial charge in [-0.25, -0.2) is 9.79 Å². The van der Waals surface area contributed by atoms with E-state index >= 15 is 0 Å². The average Bonchev–Trinajstić information content (AvgIpc) is 2.93. The number of ether oxygens (including phenoxy) is 3. The molecule has 1 aromatic rings. The highest BCUT2D eigenvalue weighted by atomic mass is 19.4. The Balaban J connectivity index is 0.000000745. The smallest absolute Gasteiger partial charge is 0.490 e. The van der Waals surface area contributed by atoms with Gasteiger partial charge in [0.05, 0.1) is 20.6 Å². The number of halogens is 3. The van der Waals surface area contributed by atoms with Gasteiger partial charge in [-0.15, -0.1) is 0 Å². The molecule has 230 valence electrons. The van der Waals surface area contributed by atoms with E-state index in [1.54, 1.807) is 32.4 Å². The van der Waals surface area contributed by atoms with E-state index in [-0.39, 0.29) is 24.1 Å². The largest absolute Gasteiger partial charge is 0.493 e. The summed E-state index contributed by atoms with van der Waals surface area (Å²) in [6.07, 6.45) is 3.95. The molecule has 1 saturated heterocycles. The van der Waals surface area contributed by atoms with Crippen molar-refractivity contribution in [3.63, 3.8) is 0 Å². The second-order valence-corrected chi connectivity index (χ2v) is 10.2. The Bertz CT molecular complexity index is 1040. The number of Topliss-reactive ketones (excluding diaryl/α,β-unsaturated/α-hetero) is 1. The lowest BCUT2D eigenvalue weighted by atomic mass is 9.82. The zero-order chi connectivity index (χ0) is 30.4. The summed E-state index contributed by atoms with van der Waals surface area (Å²) >= 11 is 0. The fourth-order valence-corrected chi connectivity index (χ4v) is 4.93. The third kappa shape index (κ3) is 12.4. The molecule has 1 aliphatic heterocycles. The Labute approximate surface area is 237 Å². The van der Waals surface area contributed by atoms with Crippen molar-refractivity contribution in [2.24, 2.45) is 22.6 Å². The summed E-state index contributed by atoms with van der Waals surface area (Å²) in [7, 11) is 3.12. The van der Waals surface area contributed by atoms with Crippen LogP contribution in [-0.2, 0) is 25.5 Å². The first-order valence-corrected chi connectivity index (χ1v) is 13.7. The number of aliphatic carboxylic acids is 1. The van der Waals surface area contributed by atoms with Crippen LogP contribution in [0.4, 0.5) is 13.2 Å². The maximum atomic E-state index is 13.2. The van der Waals surface area contributed by atoms with Gasteiger partial charge in [0, 0.05) is 19.6 Å². The lowest BCUT2D eigenvalue weighted by molar-refractivity contribution is -0.192. The second kappa shape index (κ2) is 16.8. The highest BCUT2D eigenvalue weighted by Crippen LogP contribution is 2.30. The molecule has 10 nitrogen and oxygen atoms in total. The number of benzene rings is 1. The molecule has 0 bridgehead atoms. The molecule has 1 aliphatic carbocycles. The summed E-state index contributed by atoms with van der Waals surface area (Å²) in [6.45, 7) is 1.42. The zero-order valence-electron chi connectivity index (χ0n) is 23.5. The van der Waals surface area contributed by atoms with E-state index in [9.17, 15) is 22.8 Å². The number of carbonyl (C=O) groups is 3. The topological polar surface area (TPSA) is 150 Å². The normalized spacial score (nSPS) is 17.5. The number of hydrogen-bond donors (Lipinski definition) is 3. The standard InChI is InChI=1S/C26H39N3O5.C2HF3O2/c1-32-23-9-8-20(16-24(23)33-2)17-25(31)29-26(27)28-21(14-18-6-4-3-5-7-18)22(30)15-19-10-12-34-13-11-19;3-2(4,5)1(6)7/h8-9,16,18-19,21H,3-7,10-15,17H2,1-2H3,(H3,27,28,29,31);(H,6,7)/t21-;/m1./s1. The number of alkyl halides is 3. The first kappa shape index (κ1) is 33.9. The van der Waals surface area contributed by atoms with Gasteiger partial charge in [-0.05, 0) is 48.8 Å². The molecule has 0 radical (unpaired) electrons. The summed E-state index contributed by atoms with van der Waals surface area (Å²) < 4.78 is 47.7. The predicted octanol–water partition coefficient (Wildman–Crippen LogP) is 4.04. The Morgan fingerprint density at radius 3 is 2.22 bits per heavy atom. The number of nitrogens with zero attached hydrogens (tertiary/aromatic N) is 1. The van der Waals surface area contributed by atoms with E-state index in [0.29, 0.717) is 49.4 Å². The van der Waals surface area contributed by atoms with Gasteiger partial charge in [-0.2, -0.15) is 13.2 Å². The van der Waals surface area contributed by atoms with Crippen molar-refractivity contribution in [1.82, 2.24) is 5.32 Å². The number of nitrogens with one attached hydrogen (secondary N) is 1. The number of rotatable bonds is 10. The number of methoxy groups -OCH3 is 2. The van der Waals surface area contributed by atoms with Gasteiger partial charge in [0.2, 0.25) is 5.91 Å². The minimum atomic E-state index is -5.08. The lowest BCUT2D eigenvalue weighted by Gasteiger charge is -2.26. The minimum Gasteiger partial charge on any atom is -0.493 e. The molecule has 1 amide bonds. The van der Waals surface area contributed by atoms with Crippen LogP contribution in [0.15, 0.2) is 23.2 Å². The second-order valence-electron chi connectivity index (χ2n) is 10.2. The van der Waals surface area contributed by atoms with Crippen LogP contribution in [0.5, 0.6) is 11.5 Å². The maximum absolute atomic E-state index is 13.2. The zero-order valence-corrected chi connectivity index (χ0v) is 23.5. The van der Waals surface area contributed by atoms with Crippen LogP contribution in [0.25, 0.3) is 0 Å². The molecule has 2 aliphatic rings. The van der Waals surface area contributed by atoms with Gasteiger partial charge in [-0.3, -0.25) is 14.9 Å². The summed E-state index contributed by atoms with van der Waals surface area (Å²) in [4.78, 5) is 39.2. The number of amides is 1. The van der Waals surface area contributed by atoms with E-state index in [1.165, 1.54) is 19.3 Å². The quantitative estimate of drug-likeness (QED) is 0.274. The van der Waals surface area contributed by atoms with Crippen molar-refractivity contribution in [3.8, 4) is 11.5 Å². The predicted molar refractivity (Wildman–Crippen MR) is 145 cm³/mol. The Morgan fingerprint density at radius 1 is 1.05 bits per heavy atom. The van der Waals surface area contributed by atoms with E-state index in [4.69, 9.17) is 29.8 Å². The van der Waals surface area contributed by atoms with Crippen LogP contribution in [0, 0.1) is 11.8 Å². The molecule has 1 heterocycles. The number of guanidine groups is 1. The number of nitrogens with two attached hydrogens (primary N) is 1. The van der Waals surface area contributed by atoms with Gasteiger partial charge in [0.25, 0.3) is 0 Å². The molecule has 0 spiro atoms. The summed E-state index contributed by atoms with van der Waals surface area (Å²) in [5, 5.41) is 9.79. The van der Waals surface area contributed by atoms with Crippen molar-refractivity contribution in [3.05, 3.63) is 23.8 Å². The van der Waals surface area contributed by atoms with Crippen molar-refractivity contribution >= 4 is 23.6 Å². The molecule has 2 fully saturated rings. The number of ketones is 1. The molecular weight excluding hydrogens is 547 g/mol. The number of carbonyl (C=O) groups excluding carboxylic acids is 2. The highest BCUT2D eigenvalue weighted by molar-refractivity contribution is 5.98. The number of hydrogen-bond acceptors (Lipinski definition) is 7. The van der Waals surface area contributed by atoms with Gasteiger partial charge < -0.3 is 25.1 Å². The highest BCUT2D eigenvalue weighted by Gasteiger charge is 2.38. The van der Waals surface area contributed by atoms with E-state index in [0.717, 1.165) is 31.2 Å².